The molecule has 1 aromatic rings. The number of methoxy groups -OCH3 is 1. The highest BCUT2D eigenvalue weighted by Crippen LogP contribution is 2.30. The molecular formula is C14H26Cl2N2O2. The molecule has 0 fully saturated rings. The molecule has 0 aromatic heterocycles. The molecule has 1 rings (SSSR count). The minimum absolute atomic E-state index is 0. The van der Waals surface area contributed by atoms with E-state index in [9.17, 15) is 0 Å². The van der Waals surface area contributed by atoms with E-state index in [2.05, 4.69) is 16.7 Å². The predicted molar refractivity (Wildman–Crippen MR) is 88.9 cm³/mol. The number of halogens is 2. The summed E-state index contributed by atoms with van der Waals surface area (Å²) in [7, 11) is 3.64. The fourth-order valence-electron chi connectivity index (χ4n) is 1.78. The van der Waals surface area contributed by atoms with Crippen molar-refractivity contribution in [3.05, 3.63) is 23.8 Å². The molecule has 0 aliphatic heterocycles. The van der Waals surface area contributed by atoms with Crippen LogP contribution < -0.4 is 20.1 Å². The number of rotatable bonds is 9. The molecule has 2 N–H and O–H groups in total. The lowest BCUT2D eigenvalue weighted by atomic mass is 10.2. The van der Waals surface area contributed by atoms with E-state index in [1.807, 2.05) is 26.1 Å². The molecule has 6 heteroatoms. The number of para-hydroxylation sites is 1. The maximum absolute atomic E-state index is 5.66. The lowest BCUT2D eigenvalue weighted by Gasteiger charge is -2.14. The van der Waals surface area contributed by atoms with Crippen LogP contribution in [0.4, 0.5) is 0 Å². The summed E-state index contributed by atoms with van der Waals surface area (Å²) in [6, 6.07) is 5.99. The molecular weight excluding hydrogens is 299 g/mol. The maximum atomic E-state index is 5.66. The smallest absolute Gasteiger partial charge is 0.165 e. The summed E-state index contributed by atoms with van der Waals surface area (Å²) in [4.78, 5) is 0. The molecule has 0 amide bonds. The first-order valence-electron chi connectivity index (χ1n) is 6.47. The van der Waals surface area contributed by atoms with Crippen molar-refractivity contribution in [3.8, 4) is 11.5 Å². The molecule has 0 radical (unpaired) electrons. The number of nitrogens with one attached hydrogen (secondary N) is 2. The largest absolute Gasteiger partial charge is 0.493 e. The van der Waals surface area contributed by atoms with E-state index in [4.69, 9.17) is 9.47 Å². The molecule has 1 aromatic carbocycles. The lowest BCUT2D eigenvalue weighted by Crippen LogP contribution is -2.19. The highest BCUT2D eigenvalue weighted by molar-refractivity contribution is 5.85. The molecule has 0 bridgehead atoms. The fraction of sp³-hybridized carbons (Fsp3) is 0.571. The number of ether oxygens (including phenoxy) is 2. The van der Waals surface area contributed by atoms with Crippen LogP contribution >= 0.6 is 24.8 Å². The lowest BCUT2D eigenvalue weighted by molar-refractivity contribution is 0.307. The van der Waals surface area contributed by atoms with Crippen LogP contribution in [0.1, 0.15) is 18.9 Å². The van der Waals surface area contributed by atoms with Gasteiger partial charge < -0.3 is 20.1 Å². The summed E-state index contributed by atoms with van der Waals surface area (Å²) in [5, 5.41) is 6.54. The van der Waals surface area contributed by atoms with E-state index in [1.54, 1.807) is 7.11 Å². The second-order valence-electron chi connectivity index (χ2n) is 4.02. The Kier molecular flexibility index (Phi) is 14.4. The zero-order chi connectivity index (χ0) is 13.2. The first-order chi connectivity index (χ1) is 8.83. The van der Waals surface area contributed by atoms with Crippen molar-refractivity contribution >= 4 is 24.8 Å². The van der Waals surface area contributed by atoms with Crippen molar-refractivity contribution in [2.75, 3.05) is 33.9 Å². The summed E-state index contributed by atoms with van der Waals surface area (Å²) < 4.78 is 11.0. The van der Waals surface area contributed by atoms with E-state index in [-0.39, 0.29) is 24.8 Å². The molecule has 0 aliphatic carbocycles. The summed E-state index contributed by atoms with van der Waals surface area (Å²) >= 11 is 0. The van der Waals surface area contributed by atoms with E-state index >= 15 is 0 Å². The van der Waals surface area contributed by atoms with Crippen molar-refractivity contribution in [3.63, 3.8) is 0 Å². The van der Waals surface area contributed by atoms with Gasteiger partial charge in [-0.2, -0.15) is 0 Å². The molecule has 0 unspecified atom stereocenters. The first-order valence-corrected chi connectivity index (χ1v) is 6.47. The van der Waals surface area contributed by atoms with Gasteiger partial charge in [-0.15, -0.1) is 24.8 Å². The normalized spacial score (nSPS) is 9.35. The quantitative estimate of drug-likeness (QED) is 0.685. The molecule has 20 heavy (non-hydrogen) atoms. The number of hydrogen-bond acceptors (Lipinski definition) is 4. The van der Waals surface area contributed by atoms with E-state index in [0.29, 0.717) is 6.61 Å². The van der Waals surface area contributed by atoms with Crippen LogP contribution in [0.3, 0.4) is 0 Å². The molecule has 118 valence electrons. The Bertz CT molecular complexity index is 352. The van der Waals surface area contributed by atoms with Gasteiger partial charge in [-0.3, -0.25) is 0 Å². The second kappa shape index (κ2) is 13.3. The molecule has 0 saturated heterocycles. The third-order valence-corrected chi connectivity index (χ3v) is 2.66. The van der Waals surface area contributed by atoms with Crippen molar-refractivity contribution in [1.29, 1.82) is 0 Å². The zero-order valence-electron chi connectivity index (χ0n) is 12.4. The Hall–Kier alpha value is -0.680. The average Bonchev–Trinajstić information content (AvgIpc) is 2.40. The van der Waals surface area contributed by atoms with Gasteiger partial charge in [0.15, 0.2) is 11.5 Å². The molecule has 0 saturated carbocycles. The molecule has 0 spiro atoms. The van der Waals surface area contributed by atoms with Crippen LogP contribution in [0.5, 0.6) is 11.5 Å². The minimum atomic E-state index is 0. The monoisotopic (exact) mass is 324 g/mol. The summed E-state index contributed by atoms with van der Waals surface area (Å²) in [6.07, 6.45) is 1.12. The standard InChI is InChI=1S/C14H24N2O2.2ClH/c1-4-18-14-12(7-5-8-13(14)17-3)11-16-10-6-9-15-2;;/h5,7-8,15-16H,4,6,9-11H2,1-3H3;2*1H. The molecule has 0 heterocycles. The molecule has 0 atom stereocenters. The van der Waals surface area contributed by atoms with Crippen molar-refractivity contribution in [2.24, 2.45) is 0 Å². The number of hydrogen-bond donors (Lipinski definition) is 2. The third kappa shape index (κ3) is 7.20. The predicted octanol–water partition coefficient (Wildman–Crippen LogP) is 2.64. The van der Waals surface area contributed by atoms with Crippen LogP contribution in [0, 0.1) is 0 Å². The van der Waals surface area contributed by atoms with Crippen molar-refractivity contribution < 1.29 is 9.47 Å². The van der Waals surface area contributed by atoms with Gasteiger partial charge in [0.1, 0.15) is 0 Å². The second-order valence-corrected chi connectivity index (χ2v) is 4.02. The van der Waals surface area contributed by atoms with Crippen LogP contribution in [-0.4, -0.2) is 33.9 Å². The minimum Gasteiger partial charge on any atom is -0.493 e. The Morgan fingerprint density at radius 1 is 1.15 bits per heavy atom. The molecule has 4 nitrogen and oxygen atoms in total. The van der Waals surface area contributed by atoms with Crippen LogP contribution in [0.25, 0.3) is 0 Å². The highest BCUT2D eigenvalue weighted by atomic mass is 35.5. The highest BCUT2D eigenvalue weighted by Gasteiger charge is 2.09. The average molecular weight is 325 g/mol. The summed E-state index contributed by atoms with van der Waals surface area (Å²) in [5.74, 6) is 1.65. The maximum Gasteiger partial charge on any atom is 0.165 e. The van der Waals surface area contributed by atoms with Crippen LogP contribution in [0.2, 0.25) is 0 Å². The topological polar surface area (TPSA) is 42.5 Å². The van der Waals surface area contributed by atoms with Crippen molar-refractivity contribution in [1.82, 2.24) is 10.6 Å². The van der Waals surface area contributed by atoms with Gasteiger partial charge in [0.05, 0.1) is 13.7 Å². The Labute approximate surface area is 134 Å². The van der Waals surface area contributed by atoms with Crippen molar-refractivity contribution in [2.45, 2.75) is 19.9 Å². The van der Waals surface area contributed by atoms with Gasteiger partial charge in [-0.25, -0.2) is 0 Å². The van der Waals surface area contributed by atoms with Crippen LogP contribution in [-0.2, 0) is 6.54 Å². The SMILES string of the molecule is CCOc1c(CNCCCNC)cccc1OC.Cl.Cl. The van der Waals surface area contributed by atoms with Gasteiger partial charge in [-0.1, -0.05) is 12.1 Å². The van der Waals surface area contributed by atoms with Crippen LogP contribution in [0.15, 0.2) is 18.2 Å². The summed E-state index contributed by atoms with van der Waals surface area (Å²) in [5.41, 5.74) is 1.14. The van der Waals surface area contributed by atoms with Gasteiger partial charge in [0, 0.05) is 12.1 Å². The fourth-order valence-corrected chi connectivity index (χ4v) is 1.78. The first kappa shape index (κ1) is 21.6. The van der Waals surface area contributed by atoms with Gasteiger partial charge in [-0.05, 0) is 39.5 Å². The molecule has 0 aliphatic rings. The Balaban J connectivity index is 0. The van der Waals surface area contributed by atoms with Gasteiger partial charge >= 0.3 is 0 Å². The Morgan fingerprint density at radius 2 is 1.90 bits per heavy atom. The Morgan fingerprint density at radius 3 is 2.50 bits per heavy atom. The van der Waals surface area contributed by atoms with Gasteiger partial charge in [0.25, 0.3) is 0 Å². The van der Waals surface area contributed by atoms with Gasteiger partial charge in [0.2, 0.25) is 0 Å². The number of benzene rings is 1. The summed E-state index contributed by atoms with van der Waals surface area (Å²) in [6.45, 7) is 5.45. The van der Waals surface area contributed by atoms with E-state index in [1.165, 1.54) is 0 Å². The van der Waals surface area contributed by atoms with E-state index in [0.717, 1.165) is 43.1 Å². The van der Waals surface area contributed by atoms with E-state index < -0.39 is 0 Å². The third-order valence-electron chi connectivity index (χ3n) is 2.66. The zero-order valence-corrected chi connectivity index (χ0v) is 14.0.